The van der Waals surface area contributed by atoms with Crippen LogP contribution in [0.25, 0.3) is 5.82 Å². The second kappa shape index (κ2) is 5.47. The lowest BCUT2D eigenvalue weighted by Gasteiger charge is -2.05. The van der Waals surface area contributed by atoms with Crippen LogP contribution in [0.15, 0.2) is 24.7 Å². The molecule has 0 saturated heterocycles. The number of nitro groups is 1. The van der Waals surface area contributed by atoms with Gasteiger partial charge < -0.3 is 15.2 Å². The topological polar surface area (TPSA) is 111 Å². The van der Waals surface area contributed by atoms with Crippen molar-refractivity contribution in [1.29, 1.82) is 0 Å². The minimum atomic E-state index is -1.07. The third-order valence-electron chi connectivity index (χ3n) is 2.64. The van der Waals surface area contributed by atoms with Crippen molar-refractivity contribution < 1.29 is 14.8 Å². The van der Waals surface area contributed by atoms with Gasteiger partial charge in [-0.1, -0.05) is 13.3 Å². The molecule has 0 amide bonds. The number of carboxylic acids is 1. The molecule has 2 aromatic rings. The highest BCUT2D eigenvalue weighted by molar-refractivity contribution is 5.88. The van der Waals surface area contributed by atoms with Gasteiger partial charge in [0.15, 0.2) is 0 Å². The SMILES string of the molecule is CCCc1cc(C(=O)O)cc(-n2cnc([N+](=O)[O-])c2)n1. The maximum Gasteiger partial charge on any atom is 0.381 e. The largest absolute Gasteiger partial charge is 0.478 e. The number of aryl methyl sites for hydroxylation is 1. The van der Waals surface area contributed by atoms with Gasteiger partial charge in [-0.3, -0.25) is 4.57 Å². The molecule has 2 rings (SSSR count). The predicted molar refractivity (Wildman–Crippen MR) is 69.0 cm³/mol. The van der Waals surface area contributed by atoms with E-state index >= 15 is 0 Å². The van der Waals surface area contributed by atoms with Crippen molar-refractivity contribution in [1.82, 2.24) is 14.5 Å². The molecule has 0 saturated carbocycles. The summed E-state index contributed by atoms with van der Waals surface area (Å²) in [5.41, 5.74) is 0.716. The molecule has 0 bridgehead atoms. The Morgan fingerprint density at radius 2 is 2.25 bits per heavy atom. The van der Waals surface area contributed by atoms with E-state index in [1.54, 1.807) is 0 Å². The number of nitrogens with zero attached hydrogens (tertiary/aromatic N) is 4. The van der Waals surface area contributed by atoms with Crippen LogP contribution in [0.5, 0.6) is 0 Å². The zero-order valence-corrected chi connectivity index (χ0v) is 10.7. The highest BCUT2D eigenvalue weighted by atomic mass is 16.6. The maximum atomic E-state index is 11.1. The Balaban J connectivity index is 2.48. The summed E-state index contributed by atoms with van der Waals surface area (Å²) in [6.07, 6.45) is 3.88. The molecule has 8 heteroatoms. The predicted octanol–water partition coefficient (Wildman–Crippen LogP) is 1.83. The van der Waals surface area contributed by atoms with Gasteiger partial charge in [0.1, 0.15) is 12.0 Å². The first kappa shape index (κ1) is 13.7. The van der Waals surface area contributed by atoms with Crippen LogP contribution in [0, 0.1) is 10.1 Å². The molecule has 0 radical (unpaired) electrons. The van der Waals surface area contributed by atoms with Crippen molar-refractivity contribution in [2.24, 2.45) is 0 Å². The molecule has 0 aromatic carbocycles. The summed E-state index contributed by atoms with van der Waals surface area (Å²) in [5, 5.41) is 19.7. The smallest absolute Gasteiger partial charge is 0.381 e. The maximum absolute atomic E-state index is 11.1. The summed E-state index contributed by atoms with van der Waals surface area (Å²) in [7, 11) is 0. The van der Waals surface area contributed by atoms with Crippen molar-refractivity contribution in [2.75, 3.05) is 0 Å². The van der Waals surface area contributed by atoms with E-state index in [1.165, 1.54) is 29.2 Å². The molecule has 104 valence electrons. The van der Waals surface area contributed by atoms with Gasteiger partial charge >= 0.3 is 11.8 Å². The third-order valence-corrected chi connectivity index (χ3v) is 2.64. The Morgan fingerprint density at radius 1 is 1.50 bits per heavy atom. The molecule has 0 unspecified atom stereocenters. The van der Waals surface area contributed by atoms with Crippen molar-refractivity contribution in [3.05, 3.63) is 46.0 Å². The lowest BCUT2D eigenvalue weighted by Crippen LogP contribution is -2.05. The van der Waals surface area contributed by atoms with Crippen LogP contribution in [-0.4, -0.2) is 30.5 Å². The third kappa shape index (κ3) is 2.79. The fraction of sp³-hybridized carbons (Fsp3) is 0.250. The molecular formula is C12H12N4O4. The molecule has 0 aliphatic heterocycles. The summed E-state index contributed by atoms with van der Waals surface area (Å²) in [4.78, 5) is 29.0. The second-order valence-corrected chi connectivity index (χ2v) is 4.16. The Kier molecular flexibility index (Phi) is 3.74. The van der Waals surface area contributed by atoms with E-state index in [0.29, 0.717) is 17.9 Å². The lowest BCUT2D eigenvalue weighted by atomic mass is 10.1. The van der Waals surface area contributed by atoms with Gasteiger partial charge in [0, 0.05) is 5.69 Å². The summed E-state index contributed by atoms with van der Waals surface area (Å²) in [6.45, 7) is 1.96. The molecular weight excluding hydrogens is 264 g/mol. The van der Waals surface area contributed by atoms with E-state index in [2.05, 4.69) is 9.97 Å². The highest BCUT2D eigenvalue weighted by Crippen LogP contribution is 2.15. The van der Waals surface area contributed by atoms with Crippen LogP contribution < -0.4 is 0 Å². The molecule has 2 heterocycles. The molecule has 8 nitrogen and oxygen atoms in total. The van der Waals surface area contributed by atoms with E-state index in [4.69, 9.17) is 5.11 Å². The molecule has 1 N–H and O–H groups in total. The van der Waals surface area contributed by atoms with Crippen LogP contribution in [0.1, 0.15) is 29.4 Å². The minimum absolute atomic E-state index is 0.0924. The minimum Gasteiger partial charge on any atom is -0.478 e. The number of carboxylic acid groups (broad SMARTS) is 1. The number of hydrogen-bond donors (Lipinski definition) is 1. The molecule has 0 spiro atoms. The average Bonchev–Trinajstić information content (AvgIpc) is 2.88. The molecule has 0 atom stereocenters. The molecule has 0 aliphatic rings. The number of imidazole rings is 1. The van der Waals surface area contributed by atoms with Gasteiger partial charge in [0.25, 0.3) is 0 Å². The van der Waals surface area contributed by atoms with E-state index in [0.717, 1.165) is 6.42 Å². The Morgan fingerprint density at radius 3 is 2.80 bits per heavy atom. The summed E-state index contributed by atoms with van der Waals surface area (Å²) < 4.78 is 1.34. The fourth-order valence-electron chi connectivity index (χ4n) is 1.74. The Hall–Kier alpha value is -2.77. The zero-order chi connectivity index (χ0) is 14.7. The van der Waals surface area contributed by atoms with Crippen LogP contribution >= 0.6 is 0 Å². The van der Waals surface area contributed by atoms with Crippen LogP contribution in [-0.2, 0) is 6.42 Å². The number of aromatic carboxylic acids is 1. The van der Waals surface area contributed by atoms with Gasteiger partial charge in [-0.2, -0.15) is 0 Å². The summed E-state index contributed by atoms with van der Waals surface area (Å²) in [5.74, 6) is -1.08. The van der Waals surface area contributed by atoms with Crippen molar-refractivity contribution in [3.63, 3.8) is 0 Å². The Bertz CT molecular complexity index is 665. The van der Waals surface area contributed by atoms with E-state index < -0.39 is 10.9 Å². The van der Waals surface area contributed by atoms with E-state index in [-0.39, 0.29) is 11.4 Å². The normalized spacial score (nSPS) is 10.4. The van der Waals surface area contributed by atoms with Gasteiger partial charge in [-0.05, 0) is 28.5 Å². The van der Waals surface area contributed by atoms with Crippen molar-refractivity contribution in [3.8, 4) is 5.82 Å². The number of rotatable bonds is 5. The first-order chi connectivity index (χ1) is 9.51. The average molecular weight is 276 g/mol. The summed E-state index contributed by atoms with van der Waals surface area (Å²) in [6, 6.07) is 2.85. The van der Waals surface area contributed by atoms with Gasteiger partial charge in [0.2, 0.25) is 6.33 Å². The molecule has 0 fully saturated rings. The number of pyridine rings is 1. The zero-order valence-electron chi connectivity index (χ0n) is 10.7. The van der Waals surface area contributed by atoms with Crippen LogP contribution in [0.3, 0.4) is 0 Å². The van der Waals surface area contributed by atoms with E-state index in [9.17, 15) is 14.9 Å². The summed E-state index contributed by atoms with van der Waals surface area (Å²) >= 11 is 0. The quantitative estimate of drug-likeness (QED) is 0.658. The van der Waals surface area contributed by atoms with Gasteiger partial charge in [-0.15, -0.1) is 0 Å². The molecule has 0 aliphatic carbocycles. The number of carbonyl (C=O) groups is 1. The van der Waals surface area contributed by atoms with Crippen molar-refractivity contribution >= 4 is 11.8 Å². The lowest BCUT2D eigenvalue weighted by molar-refractivity contribution is -0.389. The fourth-order valence-corrected chi connectivity index (χ4v) is 1.74. The second-order valence-electron chi connectivity index (χ2n) is 4.16. The standard InChI is InChI=1S/C12H12N4O4/c1-2-3-9-4-8(12(17)18)5-10(14-9)15-6-11(13-7-15)16(19)20/h4-7H,2-3H2,1H3,(H,17,18). The first-order valence-electron chi connectivity index (χ1n) is 5.94. The Labute approximate surface area is 113 Å². The number of aromatic nitrogens is 3. The monoisotopic (exact) mass is 276 g/mol. The molecule has 2 aromatic heterocycles. The highest BCUT2D eigenvalue weighted by Gasteiger charge is 2.14. The van der Waals surface area contributed by atoms with E-state index in [1.807, 2.05) is 6.92 Å². The van der Waals surface area contributed by atoms with Crippen LogP contribution in [0.2, 0.25) is 0 Å². The number of hydrogen-bond acceptors (Lipinski definition) is 5. The molecule has 20 heavy (non-hydrogen) atoms. The first-order valence-corrected chi connectivity index (χ1v) is 5.94. The van der Waals surface area contributed by atoms with Crippen molar-refractivity contribution in [2.45, 2.75) is 19.8 Å². The van der Waals surface area contributed by atoms with Gasteiger partial charge in [0.05, 0.1) is 5.56 Å². The van der Waals surface area contributed by atoms with Gasteiger partial charge in [-0.25, -0.2) is 9.78 Å². The van der Waals surface area contributed by atoms with Crippen LogP contribution in [0.4, 0.5) is 5.82 Å².